The van der Waals surface area contributed by atoms with Crippen molar-refractivity contribution in [1.82, 2.24) is 5.43 Å². The van der Waals surface area contributed by atoms with Crippen LogP contribution in [0, 0.1) is 6.92 Å². The predicted molar refractivity (Wildman–Crippen MR) is 104 cm³/mol. The van der Waals surface area contributed by atoms with Crippen molar-refractivity contribution in [3.05, 3.63) is 47.4 Å². The Kier molecular flexibility index (Phi) is 6.74. The maximum atomic E-state index is 10.7. The third-order valence-electron chi connectivity index (χ3n) is 3.62. The van der Waals surface area contributed by atoms with E-state index in [2.05, 4.69) is 15.8 Å². The van der Waals surface area contributed by atoms with Crippen molar-refractivity contribution in [2.75, 3.05) is 12.4 Å². The summed E-state index contributed by atoms with van der Waals surface area (Å²) in [6.45, 7) is 3.63. The lowest BCUT2D eigenvalue weighted by molar-refractivity contribution is -0.137. The van der Waals surface area contributed by atoms with Crippen LogP contribution in [0.5, 0.6) is 5.75 Å². The van der Waals surface area contributed by atoms with Crippen LogP contribution < -0.4 is 15.5 Å². The van der Waals surface area contributed by atoms with Crippen molar-refractivity contribution in [3.8, 4) is 5.75 Å². The molecular weight excluding hydrogens is 354 g/mol. The van der Waals surface area contributed by atoms with Gasteiger partial charge < -0.3 is 19.6 Å². The van der Waals surface area contributed by atoms with E-state index in [1.807, 2.05) is 38.1 Å². The van der Waals surface area contributed by atoms with Crippen molar-refractivity contribution < 1.29 is 19.1 Å². The summed E-state index contributed by atoms with van der Waals surface area (Å²) in [7, 11) is 1.59. The molecule has 0 fully saturated rings. The average molecular weight is 375 g/mol. The molecule has 138 valence electrons. The normalized spacial score (nSPS) is 11.1. The number of nitrogens with zero attached hydrogens (tertiary/aromatic N) is 1. The fourth-order valence-electron chi connectivity index (χ4n) is 2.35. The van der Waals surface area contributed by atoms with Crippen molar-refractivity contribution >= 4 is 34.7 Å². The summed E-state index contributed by atoms with van der Waals surface area (Å²) in [6, 6.07) is 9.21. The number of ether oxygens (including phenoxy) is 1. The Labute approximate surface area is 157 Å². The Hall–Kier alpha value is -2.87. The summed E-state index contributed by atoms with van der Waals surface area (Å²) in [6.07, 6.45) is 0.360. The number of hydrazone groups is 1. The zero-order valence-electron chi connectivity index (χ0n) is 14.8. The second-order valence-corrected chi connectivity index (χ2v) is 5.95. The molecule has 0 bridgehead atoms. The van der Waals surface area contributed by atoms with E-state index >= 15 is 0 Å². The van der Waals surface area contributed by atoms with E-state index in [0.717, 1.165) is 11.3 Å². The predicted octanol–water partition coefficient (Wildman–Crippen LogP) is 3.32. The SMILES string of the molecule is COc1ccccc1NC(=S)N/N=C(/C)c1cc(CCC(=O)O)oc1C. The van der Waals surface area contributed by atoms with Crippen LogP contribution in [0.25, 0.3) is 0 Å². The summed E-state index contributed by atoms with van der Waals surface area (Å²) < 4.78 is 10.8. The number of aliphatic carboxylic acids is 1. The molecule has 1 aromatic heterocycles. The number of benzene rings is 1. The minimum atomic E-state index is -0.861. The molecule has 0 spiro atoms. The lowest BCUT2D eigenvalue weighted by atomic mass is 10.1. The van der Waals surface area contributed by atoms with Crippen LogP contribution in [0.15, 0.2) is 39.9 Å². The van der Waals surface area contributed by atoms with Crippen LogP contribution in [-0.4, -0.2) is 29.0 Å². The van der Waals surface area contributed by atoms with Gasteiger partial charge in [0, 0.05) is 12.0 Å². The van der Waals surface area contributed by atoms with Gasteiger partial charge in [0.15, 0.2) is 5.11 Å². The molecule has 26 heavy (non-hydrogen) atoms. The highest BCUT2D eigenvalue weighted by molar-refractivity contribution is 7.80. The fraction of sp³-hybridized carbons (Fsp3) is 0.278. The maximum Gasteiger partial charge on any atom is 0.303 e. The minimum absolute atomic E-state index is 0.0216. The van der Waals surface area contributed by atoms with Gasteiger partial charge in [0.05, 0.1) is 24.9 Å². The van der Waals surface area contributed by atoms with Gasteiger partial charge in [0.25, 0.3) is 0 Å². The maximum absolute atomic E-state index is 10.7. The molecular formula is C18H21N3O4S. The minimum Gasteiger partial charge on any atom is -0.495 e. The molecule has 2 rings (SSSR count). The molecule has 0 saturated carbocycles. The molecule has 0 amide bonds. The highest BCUT2D eigenvalue weighted by Crippen LogP contribution is 2.22. The van der Waals surface area contributed by atoms with Gasteiger partial charge in [0.1, 0.15) is 17.3 Å². The Morgan fingerprint density at radius 2 is 2.12 bits per heavy atom. The number of hydrogen-bond donors (Lipinski definition) is 3. The lowest BCUT2D eigenvalue weighted by Crippen LogP contribution is -2.25. The van der Waals surface area contributed by atoms with Gasteiger partial charge in [-0.1, -0.05) is 12.1 Å². The number of furan rings is 1. The number of aryl methyl sites for hydroxylation is 2. The molecule has 2 aromatic rings. The van der Waals surface area contributed by atoms with Crippen molar-refractivity contribution in [2.45, 2.75) is 26.7 Å². The van der Waals surface area contributed by atoms with Crippen molar-refractivity contribution in [1.29, 1.82) is 0 Å². The summed E-state index contributed by atoms with van der Waals surface area (Å²) in [5.74, 6) is 1.10. The van der Waals surface area contributed by atoms with E-state index < -0.39 is 5.97 Å². The van der Waals surface area contributed by atoms with Crippen LogP contribution in [0.1, 0.15) is 30.4 Å². The monoisotopic (exact) mass is 375 g/mol. The van der Waals surface area contributed by atoms with E-state index in [1.54, 1.807) is 13.2 Å². The highest BCUT2D eigenvalue weighted by atomic mass is 32.1. The first-order valence-electron chi connectivity index (χ1n) is 7.96. The number of carbonyl (C=O) groups is 1. The number of methoxy groups -OCH3 is 1. The van der Waals surface area contributed by atoms with Gasteiger partial charge in [-0.05, 0) is 44.3 Å². The average Bonchev–Trinajstić information content (AvgIpc) is 2.99. The molecule has 0 aliphatic rings. The highest BCUT2D eigenvalue weighted by Gasteiger charge is 2.12. The first kappa shape index (κ1) is 19.5. The van der Waals surface area contributed by atoms with Gasteiger partial charge in [0.2, 0.25) is 0 Å². The van der Waals surface area contributed by atoms with Crippen LogP contribution in [-0.2, 0) is 11.2 Å². The van der Waals surface area contributed by atoms with Gasteiger partial charge in [-0.25, -0.2) is 0 Å². The number of carboxylic acid groups (broad SMARTS) is 1. The van der Waals surface area contributed by atoms with E-state index in [1.165, 1.54) is 0 Å². The topological polar surface area (TPSA) is 96.1 Å². The molecule has 3 N–H and O–H groups in total. The standard InChI is InChI=1S/C18H21N3O4S/c1-11(14-10-13(25-12(14)2)8-9-17(22)23)20-21-18(26)19-15-6-4-5-7-16(15)24-3/h4-7,10H,8-9H2,1-3H3,(H,22,23)(H2,19,21,26)/b20-11-. The smallest absolute Gasteiger partial charge is 0.303 e. The molecule has 1 aromatic carbocycles. The number of anilines is 1. The first-order chi connectivity index (χ1) is 12.4. The number of hydrogen-bond acceptors (Lipinski definition) is 5. The Bertz CT molecular complexity index is 830. The molecule has 0 radical (unpaired) electrons. The van der Waals surface area contributed by atoms with E-state index in [9.17, 15) is 4.79 Å². The second-order valence-electron chi connectivity index (χ2n) is 5.54. The largest absolute Gasteiger partial charge is 0.495 e. The number of rotatable bonds is 7. The summed E-state index contributed by atoms with van der Waals surface area (Å²) in [5, 5.41) is 16.4. The molecule has 0 saturated heterocycles. The first-order valence-corrected chi connectivity index (χ1v) is 8.37. The molecule has 0 aliphatic carbocycles. The van der Waals surface area contributed by atoms with Crippen molar-refractivity contribution in [3.63, 3.8) is 0 Å². The van der Waals surface area contributed by atoms with E-state index in [4.69, 9.17) is 26.5 Å². The second kappa shape index (κ2) is 9.00. The molecule has 0 aliphatic heterocycles. The molecule has 7 nitrogen and oxygen atoms in total. The quantitative estimate of drug-likeness (QED) is 0.388. The summed E-state index contributed by atoms with van der Waals surface area (Å²) >= 11 is 5.25. The fourth-order valence-corrected chi connectivity index (χ4v) is 2.50. The molecule has 0 unspecified atom stereocenters. The zero-order valence-corrected chi connectivity index (χ0v) is 15.6. The van der Waals surface area contributed by atoms with Crippen LogP contribution in [0.2, 0.25) is 0 Å². The zero-order chi connectivity index (χ0) is 19.1. The van der Waals surface area contributed by atoms with E-state index in [-0.39, 0.29) is 6.42 Å². The van der Waals surface area contributed by atoms with Crippen LogP contribution in [0.4, 0.5) is 5.69 Å². The van der Waals surface area contributed by atoms with Crippen LogP contribution in [0.3, 0.4) is 0 Å². The number of nitrogens with one attached hydrogen (secondary N) is 2. The Morgan fingerprint density at radius 1 is 1.38 bits per heavy atom. The Morgan fingerprint density at radius 3 is 2.81 bits per heavy atom. The number of para-hydroxylation sites is 2. The summed E-state index contributed by atoms with van der Waals surface area (Å²) in [4.78, 5) is 10.7. The lowest BCUT2D eigenvalue weighted by Gasteiger charge is -2.11. The summed E-state index contributed by atoms with van der Waals surface area (Å²) in [5.41, 5.74) is 5.00. The van der Waals surface area contributed by atoms with Gasteiger partial charge in [-0.3, -0.25) is 10.2 Å². The molecule has 0 atom stereocenters. The van der Waals surface area contributed by atoms with Crippen LogP contribution >= 0.6 is 12.2 Å². The van der Waals surface area contributed by atoms with Gasteiger partial charge in [-0.2, -0.15) is 5.10 Å². The van der Waals surface area contributed by atoms with E-state index in [0.29, 0.717) is 34.5 Å². The Balaban J connectivity index is 2.01. The third-order valence-corrected chi connectivity index (χ3v) is 3.82. The number of carboxylic acids is 1. The molecule has 8 heteroatoms. The number of thiocarbonyl (C=S) groups is 1. The third kappa shape index (κ3) is 5.32. The molecule has 1 heterocycles. The van der Waals surface area contributed by atoms with Gasteiger partial charge in [-0.15, -0.1) is 0 Å². The van der Waals surface area contributed by atoms with Crippen molar-refractivity contribution in [2.24, 2.45) is 5.10 Å². The van der Waals surface area contributed by atoms with Gasteiger partial charge >= 0.3 is 5.97 Å².